The second-order valence-electron chi connectivity index (χ2n) is 3.06. The highest BCUT2D eigenvalue weighted by atomic mass is 32.2. The van der Waals surface area contributed by atoms with Gasteiger partial charge in [0.2, 0.25) is 5.12 Å². The van der Waals surface area contributed by atoms with Gasteiger partial charge in [0.15, 0.2) is 0 Å². The third-order valence-electron chi connectivity index (χ3n) is 1.99. The smallest absolute Gasteiger partial charge is 0.219 e. The molecule has 70 valence electrons. The van der Waals surface area contributed by atoms with Gasteiger partial charge in [-0.2, -0.15) is 0 Å². The summed E-state index contributed by atoms with van der Waals surface area (Å²) in [5.74, 6) is 0.153. The minimum atomic E-state index is -0.602. The molecule has 0 aromatic rings. The first kappa shape index (κ1) is 10.1. The number of hydrogen-bond donors (Lipinski definition) is 1. The Hall–Kier alpha value is -0.960. The Bertz CT molecular complexity index is 315. The van der Waals surface area contributed by atoms with Gasteiger partial charge in [0.05, 0.1) is 4.75 Å². The summed E-state index contributed by atoms with van der Waals surface area (Å²) >= 11 is 1.13. The summed E-state index contributed by atoms with van der Waals surface area (Å²) in [6, 6.07) is 0. The van der Waals surface area contributed by atoms with Gasteiger partial charge in [-0.25, -0.2) is 0 Å². The van der Waals surface area contributed by atoms with Crippen LogP contribution in [0.3, 0.4) is 0 Å². The fourth-order valence-corrected chi connectivity index (χ4v) is 2.18. The second kappa shape index (κ2) is 3.42. The highest BCUT2D eigenvalue weighted by molar-refractivity contribution is 8.16. The van der Waals surface area contributed by atoms with Crippen LogP contribution in [0.1, 0.15) is 13.8 Å². The molecule has 1 atom stereocenters. The van der Waals surface area contributed by atoms with E-state index in [2.05, 4.69) is 6.58 Å². The molecule has 0 aliphatic carbocycles. The van der Waals surface area contributed by atoms with Crippen LogP contribution in [0.25, 0.3) is 0 Å². The van der Waals surface area contributed by atoms with Gasteiger partial charge in [-0.05, 0) is 13.8 Å². The van der Waals surface area contributed by atoms with Gasteiger partial charge >= 0.3 is 0 Å². The van der Waals surface area contributed by atoms with E-state index in [0.717, 1.165) is 11.8 Å². The van der Waals surface area contributed by atoms with Crippen LogP contribution in [0.4, 0.5) is 0 Å². The summed E-state index contributed by atoms with van der Waals surface area (Å²) in [6.07, 6.45) is 5.13. The van der Waals surface area contributed by atoms with Crippen molar-refractivity contribution < 1.29 is 9.90 Å². The maximum absolute atomic E-state index is 11.2. The molecule has 1 N–H and O–H groups in total. The average Bonchev–Trinajstić information content (AvgIpc) is 2.28. The molecule has 0 spiro atoms. The van der Waals surface area contributed by atoms with Crippen molar-refractivity contribution in [2.75, 3.05) is 0 Å². The standard InChI is InChI=1S/C10H12O2S/c1-4-5-6-10(3)8(11)7(2)9(12)13-10/h4-6,11H,1H2,2-3H3/b6-5+/t10-/m1/s1. The number of aliphatic hydroxyl groups is 1. The van der Waals surface area contributed by atoms with Crippen molar-refractivity contribution in [1.82, 2.24) is 0 Å². The van der Waals surface area contributed by atoms with Gasteiger partial charge in [-0.3, -0.25) is 4.79 Å². The maximum atomic E-state index is 11.2. The zero-order valence-electron chi connectivity index (χ0n) is 7.70. The van der Waals surface area contributed by atoms with E-state index >= 15 is 0 Å². The Morgan fingerprint density at radius 2 is 2.23 bits per heavy atom. The molecule has 0 saturated heterocycles. The van der Waals surface area contributed by atoms with Crippen LogP contribution in [-0.2, 0) is 4.79 Å². The average molecular weight is 196 g/mol. The lowest BCUT2D eigenvalue weighted by Crippen LogP contribution is -2.16. The Balaban J connectivity index is 3.03. The van der Waals surface area contributed by atoms with Crippen LogP contribution in [0.5, 0.6) is 0 Å². The fraction of sp³-hybridized carbons (Fsp3) is 0.300. The van der Waals surface area contributed by atoms with Crippen molar-refractivity contribution in [3.8, 4) is 0 Å². The summed E-state index contributed by atoms with van der Waals surface area (Å²) in [5.41, 5.74) is 0.446. The van der Waals surface area contributed by atoms with Gasteiger partial charge < -0.3 is 5.11 Å². The Morgan fingerprint density at radius 1 is 1.62 bits per heavy atom. The monoisotopic (exact) mass is 196 g/mol. The number of hydrogen-bond acceptors (Lipinski definition) is 3. The van der Waals surface area contributed by atoms with Gasteiger partial charge in [-0.1, -0.05) is 36.6 Å². The summed E-state index contributed by atoms with van der Waals surface area (Å²) in [6.45, 7) is 6.98. The van der Waals surface area contributed by atoms with Gasteiger partial charge in [0, 0.05) is 5.57 Å². The van der Waals surface area contributed by atoms with E-state index in [9.17, 15) is 9.90 Å². The summed E-state index contributed by atoms with van der Waals surface area (Å²) in [5, 5.41) is 9.60. The third kappa shape index (κ3) is 1.70. The van der Waals surface area contributed by atoms with Crippen molar-refractivity contribution >= 4 is 16.9 Å². The first-order valence-electron chi connectivity index (χ1n) is 3.95. The van der Waals surface area contributed by atoms with Gasteiger partial charge in [0.25, 0.3) is 0 Å². The fourth-order valence-electron chi connectivity index (χ4n) is 1.15. The lowest BCUT2D eigenvalue weighted by atomic mass is 10.1. The SMILES string of the molecule is C=C/C=C/[C@@]1(C)SC(=O)C(C)=C1O. The lowest BCUT2D eigenvalue weighted by Gasteiger charge is -2.16. The molecule has 1 aliphatic rings. The molecule has 1 rings (SSSR count). The van der Waals surface area contributed by atoms with E-state index in [1.807, 2.05) is 0 Å². The molecule has 0 unspecified atom stereocenters. The molecule has 13 heavy (non-hydrogen) atoms. The molecule has 1 heterocycles. The van der Waals surface area contributed by atoms with Crippen molar-refractivity contribution in [3.63, 3.8) is 0 Å². The number of aliphatic hydroxyl groups excluding tert-OH is 1. The van der Waals surface area contributed by atoms with Crippen LogP contribution in [-0.4, -0.2) is 15.0 Å². The van der Waals surface area contributed by atoms with Crippen molar-refractivity contribution in [2.45, 2.75) is 18.6 Å². The first-order chi connectivity index (χ1) is 6.01. The molecule has 3 heteroatoms. The van der Waals surface area contributed by atoms with Crippen molar-refractivity contribution in [2.24, 2.45) is 0 Å². The van der Waals surface area contributed by atoms with E-state index in [1.165, 1.54) is 0 Å². The number of thioether (sulfide) groups is 1. The molecule has 0 amide bonds. The third-order valence-corrected chi connectivity index (χ3v) is 3.23. The number of rotatable bonds is 2. The molecule has 0 aromatic heterocycles. The lowest BCUT2D eigenvalue weighted by molar-refractivity contribution is -0.107. The molecule has 0 radical (unpaired) electrons. The molecule has 0 bridgehead atoms. The van der Waals surface area contributed by atoms with Crippen LogP contribution in [0.2, 0.25) is 0 Å². The quantitative estimate of drug-likeness (QED) is 0.690. The number of allylic oxidation sites excluding steroid dienone is 2. The zero-order valence-corrected chi connectivity index (χ0v) is 8.52. The molecule has 1 aliphatic heterocycles. The van der Waals surface area contributed by atoms with Crippen LogP contribution < -0.4 is 0 Å². The second-order valence-corrected chi connectivity index (χ2v) is 4.49. The van der Waals surface area contributed by atoms with Crippen molar-refractivity contribution in [1.29, 1.82) is 0 Å². The summed E-state index contributed by atoms with van der Waals surface area (Å²) in [7, 11) is 0. The number of carbonyl (C=O) groups excluding carboxylic acids is 1. The largest absolute Gasteiger partial charge is 0.510 e. The van der Waals surface area contributed by atoms with Gasteiger partial charge in [0.1, 0.15) is 5.76 Å². The van der Waals surface area contributed by atoms with E-state index in [1.54, 1.807) is 32.1 Å². The molecule has 0 saturated carbocycles. The number of carbonyl (C=O) groups is 1. The van der Waals surface area contributed by atoms with E-state index in [4.69, 9.17) is 0 Å². The highest BCUT2D eigenvalue weighted by Crippen LogP contribution is 2.42. The van der Waals surface area contributed by atoms with E-state index < -0.39 is 4.75 Å². The van der Waals surface area contributed by atoms with Crippen molar-refractivity contribution in [3.05, 3.63) is 36.1 Å². The highest BCUT2D eigenvalue weighted by Gasteiger charge is 2.39. The predicted molar refractivity (Wildman–Crippen MR) is 55.7 cm³/mol. The van der Waals surface area contributed by atoms with Gasteiger partial charge in [-0.15, -0.1) is 0 Å². The molecule has 0 fully saturated rings. The summed E-state index contributed by atoms with van der Waals surface area (Å²) < 4.78 is -0.602. The summed E-state index contributed by atoms with van der Waals surface area (Å²) in [4.78, 5) is 11.2. The predicted octanol–water partition coefficient (Wildman–Crippen LogP) is 2.59. The van der Waals surface area contributed by atoms with Crippen LogP contribution >= 0.6 is 11.8 Å². The molecule has 2 nitrogen and oxygen atoms in total. The molecule has 0 aromatic carbocycles. The van der Waals surface area contributed by atoms with Crippen LogP contribution in [0.15, 0.2) is 36.1 Å². The Labute approximate surface area is 82.0 Å². The first-order valence-corrected chi connectivity index (χ1v) is 4.77. The molecular formula is C10H12O2S. The minimum absolute atomic E-state index is 0.0614. The van der Waals surface area contributed by atoms with E-state index in [-0.39, 0.29) is 10.9 Å². The molecular weight excluding hydrogens is 184 g/mol. The Morgan fingerprint density at radius 3 is 2.62 bits per heavy atom. The van der Waals surface area contributed by atoms with Crippen LogP contribution in [0, 0.1) is 0 Å². The normalized spacial score (nSPS) is 28.9. The minimum Gasteiger partial charge on any atom is -0.510 e. The Kier molecular flexibility index (Phi) is 2.66. The zero-order chi connectivity index (χ0) is 10.1. The maximum Gasteiger partial charge on any atom is 0.219 e. The van der Waals surface area contributed by atoms with E-state index in [0.29, 0.717) is 5.57 Å². The topological polar surface area (TPSA) is 37.3 Å².